The van der Waals surface area contributed by atoms with Gasteiger partial charge >= 0.3 is 5.92 Å². The van der Waals surface area contributed by atoms with Crippen LogP contribution in [0.4, 0.5) is 19.0 Å². The molecule has 10 heteroatoms. The van der Waals surface area contributed by atoms with Crippen LogP contribution in [0.1, 0.15) is 43.8 Å². The maximum Gasteiger partial charge on any atom is 0.303 e. The van der Waals surface area contributed by atoms with E-state index in [0.29, 0.717) is 29.2 Å². The number of ether oxygens (including phenoxy) is 2. The van der Waals surface area contributed by atoms with E-state index < -0.39 is 28.9 Å². The lowest BCUT2D eigenvalue weighted by Crippen LogP contribution is -2.41. The van der Waals surface area contributed by atoms with Crippen molar-refractivity contribution >= 4 is 16.7 Å². The van der Waals surface area contributed by atoms with Crippen LogP contribution in [0.15, 0.2) is 30.3 Å². The molecule has 0 aliphatic heterocycles. The van der Waals surface area contributed by atoms with Crippen LogP contribution in [0.2, 0.25) is 0 Å². The van der Waals surface area contributed by atoms with Gasteiger partial charge in [-0.1, -0.05) is 12.1 Å². The number of methoxy groups -OCH3 is 1. The second-order valence-corrected chi connectivity index (χ2v) is 8.51. The maximum absolute atomic E-state index is 15.2. The fourth-order valence-corrected chi connectivity index (χ4v) is 3.46. The first-order chi connectivity index (χ1) is 15.9. The van der Waals surface area contributed by atoms with Gasteiger partial charge in [0.1, 0.15) is 29.7 Å². The zero-order valence-electron chi connectivity index (χ0n) is 19.6. The Hall–Kier alpha value is -3.11. The van der Waals surface area contributed by atoms with E-state index in [2.05, 4.69) is 15.3 Å². The minimum atomic E-state index is -3.81. The molecule has 0 radical (unpaired) electrons. The number of rotatable bonds is 9. The molecular weight excluding hydrogens is 451 g/mol. The van der Waals surface area contributed by atoms with Crippen LogP contribution in [-0.2, 0) is 10.7 Å². The predicted octanol–water partition coefficient (Wildman–Crippen LogP) is 4.84. The number of halogens is 3. The molecule has 184 valence electrons. The highest BCUT2D eigenvalue weighted by Gasteiger charge is 2.49. The molecule has 0 amide bonds. The highest BCUT2D eigenvalue weighted by atomic mass is 19.3. The van der Waals surface area contributed by atoms with E-state index in [0.717, 1.165) is 19.9 Å². The molecule has 3 aromatic rings. The molecule has 34 heavy (non-hydrogen) atoms. The molecule has 0 saturated carbocycles. The molecule has 3 rings (SSSR count). The Bertz CT molecular complexity index is 1180. The Labute approximate surface area is 195 Å². The van der Waals surface area contributed by atoms with Crippen molar-refractivity contribution < 1.29 is 32.9 Å². The number of nitrogens with one attached hydrogen (secondary N) is 1. The molecule has 1 heterocycles. The lowest BCUT2D eigenvalue weighted by Gasteiger charge is -2.30. The molecule has 0 saturated heterocycles. The minimum absolute atomic E-state index is 0.0267. The lowest BCUT2D eigenvalue weighted by atomic mass is 9.91. The van der Waals surface area contributed by atoms with Crippen LogP contribution in [0, 0.1) is 12.7 Å². The first-order valence-corrected chi connectivity index (χ1v) is 10.7. The number of phenolic OH excluding ortho intramolecular Hbond substituents is 1. The van der Waals surface area contributed by atoms with Gasteiger partial charge in [-0.15, -0.1) is 0 Å². The number of aromatic nitrogens is 2. The van der Waals surface area contributed by atoms with Crippen molar-refractivity contribution in [2.75, 3.05) is 25.6 Å². The number of fused-ring (bicyclic) bond motifs is 1. The van der Waals surface area contributed by atoms with Crippen LogP contribution < -0.4 is 10.1 Å². The monoisotopic (exact) mass is 479 g/mol. The zero-order valence-corrected chi connectivity index (χ0v) is 19.6. The van der Waals surface area contributed by atoms with Crippen molar-refractivity contribution in [3.05, 3.63) is 53.1 Å². The van der Waals surface area contributed by atoms with Crippen molar-refractivity contribution in [3.63, 3.8) is 0 Å². The summed E-state index contributed by atoms with van der Waals surface area (Å²) in [5, 5.41) is 23.7. The van der Waals surface area contributed by atoms with Crippen LogP contribution in [-0.4, -0.2) is 46.1 Å². The van der Waals surface area contributed by atoms with Crippen molar-refractivity contribution in [1.29, 1.82) is 0 Å². The number of aliphatic hydroxyl groups is 1. The van der Waals surface area contributed by atoms with Gasteiger partial charge < -0.3 is 25.0 Å². The Morgan fingerprint density at radius 2 is 1.85 bits per heavy atom. The number of nitrogens with zero attached hydrogens (tertiary/aromatic N) is 2. The molecule has 0 aliphatic rings. The average molecular weight is 479 g/mol. The van der Waals surface area contributed by atoms with Crippen LogP contribution in [0.25, 0.3) is 10.9 Å². The van der Waals surface area contributed by atoms with E-state index in [9.17, 15) is 19.0 Å². The van der Waals surface area contributed by atoms with E-state index in [1.165, 1.54) is 25.3 Å². The number of alkyl halides is 2. The largest absolute Gasteiger partial charge is 0.504 e. The predicted molar refractivity (Wildman–Crippen MR) is 122 cm³/mol. The molecular formula is C24H28F3N3O4. The number of benzene rings is 2. The molecule has 0 bridgehead atoms. The minimum Gasteiger partial charge on any atom is -0.504 e. The highest BCUT2D eigenvalue weighted by Crippen LogP contribution is 2.41. The first-order valence-electron chi connectivity index (χ1n) is 10.7. The summed E-state index contributed by atoms with van der Waals surface area (Å²) in [4.78, 5) is 8.69. The Morgan fingerprint density at radius 3 is 2.50 bits per heavy atom. The molecule has 0 aliphatic carbocycles. The normalized spacial score (nSPS) is 13.2. The number of hydrogen-bond donors (Lipinski definition) is 3. The van der Waals surface area contributed by atoms with Crippen molar-refractivity contribution in [3.8, 4) is 11.5 Å². The van der Waals surface area contributed by atoms with Gasteiger partial charge in [-0.3, -0.25) is 0 Å². The number of phenols is 1. The molecule has 7 nitrogen and oxygen atoms in total. The summed E-state index contributed by atoms with van der Waals surface area (Å²) in [5.41, 5.74) is -2.96. The Balaban J connectivity index is 2.01. The number of aryl methyl sites for hydroxylation is 1. The summed E-state index contributed by atoms with van der Waals surface area (Å²) in [5.74, 6) is -4.16. The van der Waals surface area contributed by atoms with Crippen LogP contribution in [0.5, 0.6) is 11.5 Å². The number of aromatic hydroxyl groups is 1. The zero-order chi connectivity index (χ0) is 25.3. The van der Waals surface area contributed by atoms with Gasteiger partial charge in [0.15, 0.2) is 11.5 Å². The Morgan fingerprint density at radius 1 is 1.15 bits per heavy atom. The lowest BCUT2D eigenvalue weighted by molar-refractivity contribution is -0.170. The van der Waals surface area contributed by atoms with Crippen molar-refractivity contribution in [2.45, 2.75) is 45.3 Å². The molecule has 3 N–H and O–H groups in total. The first kappa shape index (κ1) is 25.5. The van der Waals surface area contributed by atoms with E-state index in [-0.39, 0.29) is 23.7 Å². The molecule has 1 unspecified atom stereocenters. The standard InChI is InChI=1S/C24H28F3N3O4/c1-13(15-7-6-8-17(21(15)25)24(26,27)23(3,4)32)28-22-16-11-20(34-10-9-33-5)19(31)12-18(16)29-14(2)30-22/h6-8,11-13,31-32H,9-10H2,1-5H3,(H,28,29,30). The van der Waals surface area contributed by atoms with Gasteiger partial charge in [0, 0.05) is 24.1 Å². The maximum atomic E-state index is 15.2. The summed E-state index contributed by atoms with van der Waals surface area (Å²) in [6.07, 6.45) is 0. The second-order valence-electron chi connectivity index (χ2n) is 8.51. The summed E-state index contributed by atoms with van der Waals surface area (Å²) < 4.78 is 55.1. The molecule has 0 spiro atoms. The topological polar surface area (TPSA) is 96.7 Å². The van der Waals surface area contributed by atoms with Crippen LogP contribution >= 0.6 is 0 Å². The fraction of sp³-hybridized carbons (Fsp3) is 0.417. The molecule has 0 fully saturated rings. The molecule has 1 aromatic heterocycles. The summed E-state index contributed by atoms with van der Waals surface area (Å²) in [6.45, 7) is 5.63. The van der Waals surface area contributed by atoms with Crippen LogP contribution in [0.3, 0.4) is 0 Å². The van der Waals surface area contributed by atoms with Gasteiger partial charge in [-0.05, 0) is 39.8 Å². The third kappa shape index (κ3) is 5.02. The van der Waals surface area contributed by atoms with Gasteiger partial charge in [-0.25, -0.2) is 14.4 Å². The second kappa shape index (κ2) is 9.63. The smallest absolute Gasteiger partial charge is 0.303 e. The Kier molecular flexibility index (Phi) is 7.23. The van der Waals surface area contributed by atoms with Gasteiger partial charge in [-0.2, -0.15) is 8.78 Å². The molecule has 2 aromatic carbocycles. The SMILES string of the molecule is COCCOc1cc2c(NC(C)c3cccc(C(F)(F)C(C)(C)O)c3F)nc(C)nc2cc1O. The van der Waals surface area contributed by atoms with Gasteiger partial charge in [0.2, 0.25) is 0 Å². The summed E-state index contributed by atoms with van der Waals surface area (Å²) in [6, 6.07) is 5.85. The number of hydrogen-bond acceptors (Lipinski definition) is 7. The van der Waals surface area contributed by atoms with E-state index in [4.69, 9.17) is 9.47 Å². The van der Waals surface area contributed by atoms with E-state index in [1.807, 2.05) is 0 Å². The van der Waals surface area contributed by atoms with Crippen molar-refractivity contribution in [1.82, 2.24) is 9.97 Å². The summed E-state index contributed by atoms with van der Waals surface area (Å²) >= 11 is 0. The number of anilines is 1. The highest BCUT2D eigenvalue weighted by molar-refractivity contribution is 5.91. The third-order valence-electron chi connectivity index (χ3n) is 5.39. The fourth-order valence-electron chi connectivity index (χ4n) is 3.46. The van der Waals surface area contributed by atoms with E-state index in [1.54, 1.807) is 19.9 Å². The summed E-state index contributed by atoms with van der Waals surface area (Å²) in [7, 11) is 1.52. The third-order valence-corrected chi connectivity index (χ3v) is 5.39. The van der Waals surface area contributed by atoms with Gasteiger partial charge in [0.05, 0.1) is 23.7 Å². The van der Waals surface area contributed by atoms with Crippen molar-refractivity contribution in [2.24, 2.45) is 0 Å². The quantitative estimate of drug-likeness (QED) is 0.378. The molecule has 1 atom stereocenters. The van der Waals surface area contributed by atoms with E-state index >= 15 is 4.39 Å². The average Bonchev–Trinajstić information content (AvgIpc) is 2.73. The van der Waals surface area contributed by atoms with Gasteiger partial charge in [0.25, 0.3) is 0 Å².